The lowest BCUT2D eigenvalue weighted by Gasteiger charge is -2.59. The summed E-state index contributed by atoms with van der Waals surface area (Å²) in [7, 11) is 2.19. The third-order valence-corrected chi connectivity index (χ3v) is 6.10. The fourth-order valence-electron chi connectivity index (χ4n) is 4.85. The van der Waals surface area contributed by atoms with E-state index in [1.807, 2.05) is 0 Å². The first-order valence-corrected chi connectivity index (χ1v) is 9.84. The standard InChI is InChI=1S/C19H35N3O2.H2/c1-3-24-11-17-6-4-16(5-7-17)10-20-18(23)8-9-22-14-19(15-22)12-21(2)13-19;/h16-17H,3-15H2,1-2H3,(H,20,23);1H. The van der Waals surface area contributed by atoms with E-state index in [0.717, 1.165) is 32.2 Å². The van der Waals surface area contributed by atoms with Gasteiger partial charge in [0.05, 0.1) is 0 Å². The molecule has 0 aromatic carbocycles. The van der Waals surface area contributed by atoms with Gasteiger partial charge in [-0.05, 0) is 51.5 Å². The Bertz CT molecular complexity index is 413. The van der Waals surface area contributed by atoms with E-state index < -0.39 is 0 Å². The molecule has 2 saturated heterocycles. The lowest BCUT2D eigenvalue weighted by molar-refractivity contribution is -0.126. The highest BCUT2D eigenvalue weighted by molar-refractivity contribution is 5.76. The summed E-state index contributed by atoms with van der Waals surface area (Å²) in [4.78, 5) is 16.9. The molecule has 0 unspecified atom stereocenters. The zero-order chi connectivity index (χ0) is 17.0. The van der Waals surface area contributed by atoms with Crippen LogP contribution in [0.2, 0.25) is 0 Å². The van der Waals surface area contributed by atoms with Crippen molar-refractivity contribution in [1.29, 1.82) is 0 Å². The van der Waals surface area contributed by atoms with Crippen LogP contribution in [-0.2, 0) is 9.53 Å². The molecule has 24 heavy (non-hydrogen) atoms. The van der Waals surface area contributed by atoms with Gasteiger partial charge in [-0.2, -0.15) is 0 Å². The first-order valence-electron chi connectivity index (χ1n) is 9.84. The van der Waals surface area contributed by atoms with Crippen LogP contribution < -0.4 is 5.32 Å². The van der Waals surface area contributed by atoms with Gasteiger partial charge in [-0.1, -0.05) is 0 Å². The topological polar surface area (TPSA) is 44.8 Å². The number of nitrogens with zero attached hydrogens (tertiary/aromatic N) is 2. The highest BCUT2D eigenvalue weighted by Gasteiger charge is 2.49. The molecule has 5 heteroatoms. The molecule has 2 aliphatic heterocycles. The van der Waals surface area contributed by atoms with Crippen molar-refractivity contribution in [2.75, 3.05) is 59.5 Å². The van der Waals surface area contributed by atoms with Crippen LogP contribution in [0, 0.1) is 17.3 Å². The molecule has 0 bridgehead atoms. The molecule has 5 nitrogen and oxygen atoms in total. The number of rotatable bonds is 8. The van der Waals surface area contributed by atoms with E-state index in [4.69, 9.17) is 4.74 Å². The molecule has 0 aromatic heterocycles. The third-order valence-electron chi connectivity index (χ3n) is 6.10. The van der Waals surface area contributed by atoms with Crippen molar-refractivity contribution in [3.63, 3.8) is 0 Å². The van der Waals surface area contributed by atoms with E-state index >= 15 is 0 Å². The van der Waals surface area contributed by atoms with Crippen molar-refractivity contribution in [3.8, 4) is 0 Å². The number of hydrogen-bond donors (Lipinski definition) is 1. The number of amides is 1. The second kappa shape index (κ2) is 8.15. The molecule has 1 aliphatic carbocycles. The van der Waals surface area contributed by atoms with Gasteiger partial charge in [0.1, 0.15) is 0 Å². The highest BCUT2D eigenvalue weighted by atomic mass is 16.5. The summed E-state index contributed by atoms with van der Waals surface area (Å²) in [5.74, 6) is 1.64. The average molecular weight is 340 g/mol. The Hall–Kier alpha value is -0.650. The van der Waals surface area contributed by atoms with Crippen LogP contribution >= 0.6 is 0 Å². The van der Waals surface area contributed by atoms with Crippen molar-refractivity contribution in [2.45, 2.75) is 39.0 Å². The van der Waals surface area contributed by atoms with Crippen LogP contribution in [0.15, 0.2) is 0 Å². The Morgan fingerprint density at radius 3 is 2.46 bits per heavy atom. The molecule has 3 rings (SSSR count). The van der Waals surface area contributed by atoms with Crippen molar-refractivity contribution >= 4 is 5.91 Å². The third kappa shape index (κ3) is 4.70. The molecular weight excluding hydrogens is 302 g/mol. The number of carbonyl (C=O) groups excluding carboxylic acids is 1. The van der Waals surface area contributed by atoms with Crippen LogP contribution in [-0.4, -0.2) is 75.2 Å². The van der Waals surface area contributed by atoms with Gasteiger partial charge < -0.3 is 19.9 Å². The molecular formula is C19H37N3O2. The van der Waals surface area contributed by atoms with E-state index in [1.165, 1.54) is 51.9 Å². The maximum Gasteiger partial charge on any atom is 0.221 e. The molecule has 0 radical (unpaired) electrons. The minimum Gasteiger partial charge on any atom is -0.381 e. The second-order valence-electron chi connectivity index (χ2n) is 8.48. The Morgan fingerprint density at radius 1 is 1.17 bits per heavy atom. The van der Waals surface area contributed by atoms with E-state index in [-0.39, 0.29) is 7.33 Å². The van der Waals surface area contributed by atoms with Gasteiger partial charge in [-0.15, -0.1) is 0 Å². The SMILES string of the molecule is CCOCC1CCC(CNC(=O)CCN2CC3(CN(C)C3)C2)CC1.[HH]. The smallest absolute Gasteiger partial charge is 0.221 e. The molecule has 0 aromatic rings. The van der Waals surface area contributed by atoms with Crippen molar-refractivity contribution in [1.82, 2.24) is 15.1 Å². The van der Waals surface area contributed by atoms with Crippen LogP contribution in [0.4, 0.5) is 0 Å². The first kappa shape index (κ1) is 18.2. The molecule has 1 amide bonds. The average Bonchev–Trinajstić information content (AvgIpc) is 2.52. The summed E-state index contributed by atoms with van der Waals surface area (Å²) < 4.78 is 5.53. The minimum absolute atomic E-state index is 0. The van der Waals surface area contributed by atoms with Gasteiger partial charge in [0.2, 0.25) is 5.91 Å². The van der Waals surface area contributed by atoms with Gasteiger partial charge in [-0.25, -0.2) is 0 Å². The molecule has 0 atom stereocenters. The summed E-state index contributed by atoms with van der Waals surface area (Å²) in [6, 6.07) is 0. The Morgan fingerprint density at radius 2 is 1.83 bits per heavy atom. The number of likely N-dealkylation sites (tertiary alicyclic amines) is 2. The van der Waals surface area contributed by atoms with Crippen molar-refractivity contribution < 1.29 is 11.0 Å². The molecule has 1 N–H and O–H groups in total. The normalized spacial score (nSPS) is 29.9. The number of nitrogens with one attached hydrogen (secondary N) is 1. The predicted octanol–water partition coefficient (Wildman–Crippen LogP) is 1.83. The number of hydrogen-bond acceptors (Lipinski definition) is 4. The van der Waals surface area contributed by atoms with Gasteiger partial charge in [-0.3, -0.25) is 4.79 Å². The Labute approximate surface area is 148 Å². The Balaban J connectivity index is 0.00000225. The highest BCUT2D eigenvalue weighted by Crippen LogP contribution is 2.38. The maximum atomic E-state index is 12.1. The van der Waals surface area contributed by atoms with E-state index in [0.29, 0.717) is 17.8 Å². The van der Waals surface area contributed by atoms with Gasteiger partial charge in [0.15, 0.2) is 0 Å². The second-order valence-corrected chi connectivity index (χ2v) is 8.48. The van der Waals surface area contributed by atoms with Crippen LogP contribution in [0.5, 0.6) is 0 Å². The first-order chi connectivity index (χ1) is 11.6. The zero-order valence-electron chi connectivity index (χ0n) is 15.6. The molecule has 140 valence electrons. The fraction of sp³-hybridized carbons (Fsp3) is 0.947. The van der Waals surface area contributed by atoms with Gasteiger partial charge >= 0.3 is 0 Å². The summed E-state index contributed by atoms with van der Waals surface area (Å²) in [6.07, 6.45) is 5.64. The maximum absolute atomic E-state index is 12.1. The lowest BCUT2D eigenvalue weighted by atomic mass is 9.73. The summed E-state index contributed by atoms with van der Waals surface area (Å²) >= 11 is 0. The molecule has 3 aliphatic rings. The van der Waals surface area contributed by atoms with Crippen LogP contribution in [0.1, 0.15) is 40.5 Å². The lowest BCUT2D eigenvalue weighted by Crippen LogP contribution is -2.71. The molecule has 2 heterocycles. The van der Waals surface area contributed by atoms with E-state index in [2.05, 4.69) is 29.1 Å². The monoisotopic (exact) mass is 339 g/mol. The Kier molecular flexibility index (Phi) is 6.17. The zero-order valence-corrected chi connectivity index (χ0v) is 15.6. The van der Waals surface area contributed by atoms with Crippen LogP contribution in [0.3, 0.4) is 0 Å². The number of ether oxygens (including phenoxy) is 1. The minimum atomic E-state index is 0. The van der Waals surface area contributed by atoms with Crippen LogP contribution in [0.25, 0.3) is 0 Å². The fourth-order valence-corrected chi connectivity index (χ4v) is 4.85. The van der Waals surface area contributed by atoms with E-state index in [1.54, 1.807) is 0 Å². The molecule has 3 fully saturated rings. The quantitative estimate of drug-likeness (QED) is 0.733. The number of carbonyl (C=O) groups is 1. The molecule has 1 saturated carbocycles. The summed E-state index contributed by atoms with van der Waals surface area (Å²) in [5, 5.41) is 3.16. The predicted molar refractivity (Wildman–Crippen MR) is 98.1 cm³/mol. The summed E-state index contributed by atoms with van der Waals surface area (Å²) in [5.41, 5.74) is 0.575. The summed E-state index contributed by atoms with van der Waals surface area (Å²) in [6.45, 7) is 10.5. The largest absolute Gasteiger partial charge is 0.381 e. The van der Waals surface area contributed by atoms with Gasteiger partial charge in [0.25, 0.3) is 0 Å². The molecule has 1 spiro atoms. The van der Waals surface area contributed by atoms with Crippen molar-refractivity contribution in [3.05, 3.63) is 0 Å². The van der Waals surface area contributed by atoms with Gasteiger partial charge in [0, 0.05) is 65.7 Å². The van der Waals surface area contributed by atoms with E-state index in [9.17, 15) is 4.79 Å². The van der Waals surface area contributed by atoms with Crippen molar-refractivity contribution in [2.24, 2.45) is 17.3 Å².